The molecule has 2 heterocycles. The van der Waals surface area contributed by atoms with Crippen molar-refractivity contribution in [2.75, 3.05) is 25.5 Å². The third-order valence-electron chi connectivity index (χ3n) is 4.22. The lowest BCUT2D eigenvalue weighted by atomic mass is 10.1. The minimum Gasteiger partial charge on any atom is -0.472 e. The standard InChI is InChI=1S/C18H19F3N4O3/c1-27-16-22-9-8-15(24-16)28-12-5-4-10-25(11-12)17(26)23-14-7-3-2-6-13(14)18(19,20)21/h2-3,6-9,12H,4-5,10-11H2,1H3,(H,23,26). The maximum absolute atomic E-state index is 13.1. The molecule has 7 nitrogen and oxygen atoms in total. The lowest BCUT2D eigenvalue weighted by molar-refractivity contribution is -0.136. The van der Waals surface area contributed by atoms with Crippen molar-refractivity contribution < 1.29 is 27.4 Å². The topological polar surface area (TPSA) is 76.6 Å². The van der Waals surface area contributed by atoms with Crippen LogP contribution < -0.4 is 14.8 Å². The molecular formula is C18H19F3N4O3. The summed E-state index contributed by atoms with van der Waals surface area (Å²) >= 11 is 0. The van der Waals surface area contributed by atoms with Gasteiger partial charge in [0.05, 0.1) is 24.9 Å². The molecule has 1 fully saturated rings. The summed E-state index contributed by atoms with van der Waals surface area (Å²) in [7, 11) is 1.44. The number of alkyl halides is 3. The number of amides is 2. The van der Waals surface area contributed by atoms with E-state index in [0.717, 1.165) is 6.07 Å². The van der Waals surface area contributed by atoms with Crippen molar-refractivity contribution in [1.82, 2.24) is 14.9 Å². The number of hydrogen-bond donors (Lipinski definition) is 1. The summed E-state index contributed by atoms with van der Waals surface area (Å²) in [6, 6.07) is 6.00. The zero-order valence-electron chi connectivity index (χ0n) is 15.1. The molecule has 1 N–H and O–H groups in total. The zero-order valence-corrected chi connectivity index (χ0v) is 15.1. The molecule has 3 rings (SSSR count). The van der Waals surface area contributed by atoms with Crippen LogP contribution in [0.3, 0.4) is 0 Å². The number of methoxy groups -OCH3 is 1. The van der Waals surface area contributed by atoms with Crippen LogP contribution in [0.25, 0.3) is 0 Å². The van der Waals surface area contributed by atoms with E-state index in [4.69, 9.17) is 9.47 Å². The van der Waals surface area contributed by atoms with Crippen LogP contribution >= 0.6 is 0 Å². The summed E-state index contributed by atoms with van der Waals surface area (Å²) < 4.78 is 50.0. The van der Waals surface area contributed by atoms with Gasteiger partial charge in [0.1, 0.15) is 6.10 Å². The third kappa shape index (κ3) is 4.81. The van der Waals surface area contributed by atoms with E-state index in [1.807, 2.05) is 0 Å². The van der Waals surface area contributed by atoms with E-state index in [1.54, 1.807) is 6.07 Å². The second-order valence-corrected chi connectivity index (χ2v) is 6.18. The van der Waals surface area contributed by atoms with Crippen molar-refractivity contribution in [1.29, 1.82) is 0 Å². The molecule has 1 atom stereocenters. The minimum atomic E-state index is -4.55. The van der Waals surface area contributed by atoms with Gasteiger partial charge < -0.3 is 19.7 Å². The van der Waals surface area contributed by atoms with Gasteiger partial charge >= 0.3 is 18.2 Å². The molecule has 0 radical (unpaired) electrons. The fourth-order valence-electron chi connectivity index (χ4n) is 2.91. The third-order valence-corrected chi connectivity index (χ3v) is 4.22. The number of halogens is 3. The number of hydrogen-bond acceptors (Lipinski definition) is 5. The van der Waals surface area contributed by atoms with Gasteiger partial charge in [0.25, 0.3) is 0 Å². The Morgan fingerprint density at radius 1 is 1.29 bits per heavy atom. The molecule has 28 heavy (non-hydrogen) atoms. The van der Waals surface area contributed by atoms with Crippen LogP contribution in [0.2, 0.25) is 0 Å². The van der Waals surface area contributed by atoms with Crippen LogP contribution in [0.1, 0.15) is 18.4 Å². The van der Waals surface area contributed by atoms with E-state index in [9.17, 15) is 18.0 Å². The fourth-order valence-corrected chi connectivity index (χ4v) is 2.91. The Bertz CT molecular complexity index is 832. The van der Waals surface area contributed by atoms with E-state index in [0.29, 0.717) is 25.3 Å². The fraction of sp³-hybridized carbons (Fsp3) is 0.389. The predicted octanol–water partition coefficient (Wildman–Crippen LogP) is 3.58. The first-order valence-corrected chi connectivity index (χ1v) is 8.62. The second-order valence-electron chi connectivity index (χ2n) is 6.18. The summed E-state index contributed by atoms with van der Waals surface area (Å²) in [5, 5.41) is 2.36. The molecule has 1 unspecified atom stereocenters. The molecule has 10 heteroatoms. The Hall–Kier alpha value is -3.04. The molecule has 150 valence electrons. The molecule has 1 saturated heterocycles. The van der Waals surface area contributed by atoms with Gasteiger partial charge in [-0.25, -0.2) is 9.78 Å². The van der Waals surface area contributed by atoms with Crippen molar-refractivity contribution in [2.24, 2.45) is 0 Å². The summed E-state index contributed by atoms with van der Waals surface area (Å²) in [6.07, 6.45) is -2.06. The molecule has 2 aromatic rings. The zero-order chi connectivity index (χ0) is 20.1. The smallest absolute Gasteiger partial charge is 0.418 e. The highest BCUT2D eigenvalue weighted by Crippen LogP contribution is 2.34. The molecule has 1 aromatic carbocycles. The summed E-state index contributed by atoms with van der Waals surface area (Å²) in [6.45, 7) is 0.652. The number of nitrogens with zero attached hydrogens (tertiary/aromatic N) is 3. The number of nitrogens with one attached hydrogen (secondary N) is 1. The van der Waals surface area contributed by atoms with Crippen LogP contribution in [0.5, 0.6) is 11.9 Å². The number of ether oxygens (including phenoxy) is 2. The molecular weight excluding hydrogens is 377 g/mol. The van der Waals surface area contributed by atoms with E-state index < -0.39 is 17.8 Å². The van der Waals surface area contributed by atoms with Crippen LogP contribution in [0, 0.1) is 0 Å². The van der Waals surface area contributed by atoms with E-state index in [-0.39, 0.29) is 24.3 Å². The first kappa shape index (κ1) is 19.7. The maximum atomic E-state index is 13.1. The highest BCUT2D eigenvalue weighted by molar-refractivity contribution is 5.90. The minimum absolute atomic E-state index is 0.159. The number of benzene rings is 1. The van der Waals surface area contributed by atoms with Crippen molar-refractivity contribution in [3.63, 3.8) is 0 Å². The van der Waals surface area contributed by atoms with Gasteiger partial charge in [-0.2, -0.15) is 18.2 Å². The Labute approximate surface area is 159 Å². The molecule has 1 aliphatic heterocycles. The quantitative estimate of drug-likeness (QED) is 0.855. The Kier molecular flexibility index (Phi) is 5.86. The predicted molar refractivity (Wildman–Crippen MR) is 94.3 cm³/mol. The van der Waals surface area contributed by atoms with Crippen LogP contribution in [0.15, 0.2) is 36.5 Å². The van der Waals surface area contributed by atoms with E-state index in [2.05, 4.69) is 15.3 Å². The highest BCUT2D eigenvalue weighted by atomic mass is 19.4. The number of urea groups is 1. The molecule has 0 saturated carbocycles. The van der Waals surface area contributed by atoms with Crippen LogP contribution in [0.4, 0.5) is 23.7 Å². The molecule has 1 aliphatic rings. The Morgan fingerprint density at radius 3 is 2.82 bits per heavy atom. The summed E-state index contributed by atoms with van der Waals surface area (Å²) in [5.41, 5.74) is -1.16. The van der Waals surface area contributed by atoms with E-state index in [1.165, 1.54) is 36.4 Å². The second kappa shape index (κ2) is 8.32. The average molecular weight is 396 g/mol. The number of rotatable bonds is 4. The lowest BCUT2D eigenvalue weighted by Gasteiger charge is -2.32. The van der Waals surface area contributed by atoms with Gasteiger partial charge in [-0.1, -0.05) is 12.1 Å². The van der Waals surface area contributed by atoms with Crippen LogP contribution in [-0.4, -0.2) is 47.2 Å². The van der Waals surface area contributed by atoms with Gasteiger partial charge in [-0.15, -0.1) is 0 Å². The number of para-hydroxylation sites is 1. The molecule has 1 aromatic heterocycles. The summed E-state index contributed by atoms with van der Waals surface area (Å²) in [4.78, 5) is 21.9. The number of piperidine rings is 1. The van der Waals surface area contributed by atoms with Gasteiger partial charge in [-0.3, -0.25) is 0 Å². The maximum Gasteiger partial charge on any atom is 0.418 e. The number of carbonyl (C=O) groups is 1. The number of likely N-dealkylation sites (tertiary alicyclic amines) is 1. The molecule has 0 aliphatic carbocycles. The number of aromatic nitrogens is 2. The highest BCUT2D eigenvalue weighted by Gasteiger charge is 2.34. The van der Waals surface area contributed by atoms with E-state index >= 15 is 0 Å². The van der Waals surface area contributed by atoms with Crippen molar-refractivity contribution in [3.8, 4) is 11.9 Å². The summed E-state index contributed by atoms with van der Waals surface area (Å²) in [5.74, 6) is 0.307. The van der Waals surface area contributed by atoms with Gasteiger partial charge in [-0.05, 0) is 25.0 Å². The molecule has 0 bridgehead atoms. The lowest BCUT2D eigenvalue weighted by Crippen LogP contribution is -2.46. The first-order chi connectivity index (χ1) is 13.4. The number of carbonyl (C=O) groups excluding carboxylic acids is 1. The van der Waals surface area contributed by atoms with Crippen molar-refractivity contribution in [2.45, 2.75) is 25.1 Å². The average Bonchev–Trinajstić information content (AvgIpc) is 2.68. The first-order valence-electron chi connectivity index (χ1n) is 8.62. The largest absolute Gasteiger partial charge is 0.472 e. The van der Waals surface area contributed by atoms with Crippen molar-refractivity contribution in [3.05, 3.63) is 42.1 Å². The molecule has 2 amide bonds. The van der Waals surface area contributed by atoms with Gasteiger partial charge in [0, 0.05) is 18.8 Å². The SMILES string of the molecule is COc1nccc(OC2CCCN(C(=O)Nc3ccccc3C(F)(F)F)C2)n1. The Balaban J connectivity index is 1.65. The van der Waals surface area contributed by atoms with Gasteiger partial charge in [0.2, 0.25) is 5.88 Å². The normalized spacial score (nSPS) is 17.1. The monoisotopic (exact) mass is 396 g/mol. The van der Waals surface area contributed by atoms with Crippen molar-refractivity contribution >= 4 is 11.7 Å². The number of anilines is 1. The van der Waals surface area contributed by atoms with Gasteiger partial charge in [0.15, 0.2) is 0 Å². The Morgan fingerprint density at radius 2 is 2.07 bits per heavy atom. The molecule has 0 spiro atoms. The van der Waals surface area contributed by atoms with Crippen LogP contribution in [-0.2, 0) is 6.18 Å².